The van der Waals surface area contributed by atoms with Crippen LogP contribution in [0.1, 0.15) is 106 Å². The maximum absolute atomic E-state index is 13.7. The van der Waals surface area contributed by atoms with Gasteiger partial charge in [0.2, 0.25) is 0 Å². The topological polar surface area (TPSA) is 163 Å². The third-order valence-corrected chi connectivity index (χ3v) is 16.7. The molecule has 1 aliphatic heterocycles. The van der Waals surface area contributed by atoms with Gasteiger partial charge in [0, 0.05) is 18.4 Å². The summed E-state index contributed by atoms with van der Waals surface area (Å²) in [6.45, 7) is 14.6. The Hall–Kier alpha value is -1.82. The molecule has 280 valence electrons. The van der Waals surface area contributed by atoms with Gasteiger partial charge in [-0.2, -0.15) is 0 Å². The first-order valence-electron chi connectivity index (χ1n) is 19.0. The molecule has 15 unspecified atom stereocenters. The van der Waals surface area contributed by atoms with Crippen molar-refractivity contribution in [3.63, 3.8) is 0 Å². The van der Waals surface area contributed by atoms with E-state index in [4.69, 9.17) is 14.2 Å². The fraction of sp³-hybridized carbons (Fsp3) is 0.850. The van der Waals surface area contributed by atoms with E-state index >= 15 is 0 Å². The van der Waals surface area contributed by atoms with E-state index in [9.17, 15) is 35.1 Å². The Kier molecular flexibility index (Phi) is 8.47. The van der Waals surface area contributed by atoms with Crippen LogP contribution in [0, 0.1) is 55.7 Å². The van der Waals surface area contributed by atoms with Crippen molar-refractivity contribution in [3.05, 3.63) is 23.8 Å². The zero-order valence-electron chi connectivity index (χ0n) is 31.0. The predicted molar refractivity (Wildman–Crippen MR) is 184 cm³/mol. The quantitative estimate of drug-likeness (QED) is 0.181. The van der Waals surface area contributed by atoms with Gasteiger partial charge in [0.15, 0.2) is 12.4 Å². The predicted octanol–water partition coefficient (Wildman–Crippen LogP) is 5.33. The third kappa shape index (κ3) is 4.53. The molecule has 2 bridgehead atoms. The van der Waals surface area contributed by atoms with Crippen LogP contribution in [0.5, 0.6) is 0 Å². The summed E-state index contributed by atoms with van der Waals surface area (Å²) in [5, 5.41) is 52.3. The molecule has 1 heterocycles. The number of carbonyl (C=O) groups is 2. The summed E-state index contributed by atoms with van der Waals surface area (Å²) in [5.41, 5.74) is -0.723. The van der Waals surface area contributed by atoms with Crippen LogP contribution in [0.4, 0.5) is 0 Å². The van der Waals surface area contributed by atoms with Crippen LogP contribution in [0.2, 0.25) is 0 Å². The first-order chi connectivity index (χ1) is 23.3. The number of carboxylic acids is 2. The van der Waals surface area contributed by atoms with E-state index in [1.807, 2.05) is 0 Å². The SMILES string of the molecule is COCC1CC2(C)CC=CC3(C2)C2=CCC4C5(C)CCC(OC6OC(C(=O)O)C(O)C(O)C6O)C(C)(C)C5CCC4(C)C2(C)CCC13C(=O)O. The zero-order chi connectivity index (χ0) is 36.4. The van der Waals surface area contributed by atoms with Crippen LogP contribution < -0.4 is 0 Å². The molecule has 1 saturated heterocycles. The number of aliphatic hydroxyl groups is 3. The van der Waals surface area contributed by atoms with Crippen LogP contribution in [-0.2, 0) is 23.8 Å². The number of carboxylic acid groups (broad SMARTS) is 2. The maximum Gasteiger partial charge on any atom is 0.335 e. The van der Waals surface area contributed by atoms with Gasteiger partial charge in [0.25, 0.3) is 0 Å². The van der Waals surface area contributed by atoms with Crippen molar-refractivity contribution in [3.8, 4) is 0 Å². The first-order valence-corrected chi connectivity index (χ1v) is 19.0. The Morgan fingerprint density at radius 1 is 0.920 bits per heavy atom. The second-order valence-corrected chi connectivity index (χ2v) is 19.2. The van der Waals surface area contributed by atoms with E-state index in [2.05, 4.69) is 59.8 Å². The van der Waals surface area contributed by atoms with Gasteiger partial charge in [0.05, 0.1) is 18.1 Å². The molecular weight excluding hydrogens is 640 g/mol. The lowest BCUT2D eigenvalue weighted by atomic mass is 9.29. The van der Waals surface area contributed by atoms with Crippen molar-refractivity contribution < 1.29 is 49.3 Å². The molecule has 4 saturated carbocycles. The second kappa shape index (κ2) is 11.6. The van der Waals surface area contributed by atoms with E-state index in [1.165, 1.54) is 5.57 Å². The number of hydrogen-bond donors (Lipinski definition) is 5. The smallest absolute Gasteiger partial charge is 0.335 e. The molecule has 5 N–H and O–H groups in total. The summed E-state index contributed by atoms with van der Waals surface area (Å²) in [4.78, 5) is 25.5. The molecule has 0 aromatic rings. The average molecular weight is 701 g/mol. The van der Waals surface area contributed by atoms with Crippen molar-refractivity contribution in [2.75, 3.05) is 13.7 Å². The van der Waals surface area contributed by atoms with Gasteiger partial charge in [-0.25, -0.2) is 4.79 Å². The summed E-state index contributed by atoms with van der Waals surface area (Å²) in [6.07, 6.45) is 7.17. The van der Waals surface area contributed by atoms with Crippen LogP contribution in [0.15, 0.2) is 23.8 Å². The lowest BCUT2D eigenvalue weighted by molar-refractivity contribution is -0.324. The molecule has 0 radical (unpaired) electrons. The summed E-state index contributed by atoms with van der Waals surface area (Å²) < 4.78 is 17.7. The van der Waals surface area contributed by atoms with Crippen molar-refractivity contribution >= 4 is 11.9 Å². The molecule has 10 heteroatoms. The Bertz CT molecular complexity index is 1470. The molecule has 15 atom stereocenters. The minimum absolute atomic E-state index is 0.0219. The summed E-state index contributed by atoms with van der Waals surface area (Å²) in [5.74, 6) is -1.54. The highest BCUT2D eigenvalue weighted by molar-refractivity contribution is 5.79. The van der Waals surface area contributed by atoms with Crippen LogP contribution in [-0.4, -0.2) is 88.0 Å². The van der Waals surface area contributed by atoms with Gasteiger partial charge in [-0.15, -0.1) is 0 Å². The Morgan fingerprint density at radius 3 is 2.30 bits per heavy atom. The molecule has 0 aromatic carbocycles. The van der Waals surface area contributed by atoms with E-state index in [-0.39, 0.29) is 45.0 Å². The molecule has 5 fully saturated rings. The Labute approximate surface area is 296 Å². The van der Waals surface area contributed by atoms with E-state index in [1.54, 1.807) is 7.11 Å². The highest BCUT2D eigenvalue weighted by Gasteiger charge is 2.75. The monoisotopic (exact) mass is 700 g/mol. The van der Waals surface area contributed by atoms with Crippen molar-refractivity contribution in [2.45, 2.75) is 143 Å². The fourth-order valence-electron chi connectivity index (χ4n) is 14.3. The molecule has 0 amide bonds. The zero-order valence-corrected chi connectivity index (χ0v) is 31.0. The number of aliphatic hydroxyl groups excluding tert-OH is 3. The summed E-state index contributed by atoms with van der Waals surface area (Å²) in [6, 6.07) is 0. The van der Waals surface area contributed by atoms with Crippen molar-refractivity contribution in [1.82, 2.24) is 0 Å². The van der Waals surface area contributed by atoms with Gasteiger partial charge < -0.3 is 39.7 Å². The number of methoxy groups -OCH3 is 1. The lowest BCUT2D eigenvalue weighted by Gasteiger charge is -2.74. The van der Waals surface area contributed by atoms with Crippen LogP contribution in [0.25, 0.3) is 0 Å². The maximum atomic E-state index is 13.7. The van der Waals surface area contributed by atoms with Crippen LogP contribution >= 0.6 is 0 Å². The molecule has 50 heavy (non-hydrogen) atoms. The first kappa shape index (κ1) is 36.5. The van der Waals surface area contributed by atoms with E-state index < -0.39 is 53.5 Å². The molecule has 7 rings (SSSR count). The number of ether oxygens (including phenoxy) is 3. The molecule has 10 nitrogen and oxygen atoms in total. The average Bonchev–Trinajstić information content (AvgIpc) is 3.02. The highest BCUT2D eigenvalue weighted by atomic mass is 16.7. The Morgan fingerprint density at radius 2 is 1.64 bits per heavy atom. The number of aliphatic carboxylic acids is 2. The van der Waals surface area contributed by atoms with E-state index in [0.717, 1.165) is 51.4 Å². The minimum atomic E-state index is -1.76. The van der Waals surface area contributed by atoms with E-state index in [0.29, 0.717) is 25.4 Å². The third-order valence-electron chi connectivity index (χ3n) is 16.7. The van der Waals surface area contributed by atoms with Crippen molar-refractivity contribution in [1.29, 1.82) is 0 Å². The van der Waals surface area contributed by atoms with Crippen LogP contribution in [0.3, 0.4) is 0 Å². The molecule has 6 aliphatic carbocycles. The second-order valence-electron chi connectivity index (χ2n) is 19.2. The van der Waals surface area contributed by atoms with Gasteiger partial charge >= 0.3 is 11.9 Å². The number of hydrogen-bond acceptors (Lipinski definition) is 8. The fourth-order valence-corrected chi connectivity index (χ4v) is 14.3. The lowest BCUT2D eigenvalue weighted by Crippen LogP contribution is -2.69. The number of rotatable bonds is 6. The molecule has 0 aromatic heterocycles. The minimum Gasteiger partial charge on any atom is -0.481 e. The number of allylic oxidation sites excluding steroid dienone is 4. The standard InChI is InChI=1S/C40H60O10/c1-34(2)23-11-16-37(5)24(36(23,4)15-12-26(34)49-32-29(43)27(41)28(42)30(50-32)31(44)45)9-10-25-38(37,6)17-18-40(33(46)47)22(20-48-7)19-35(3)13-8-14-39(25,40)21-35/h8,10,14,22-24,26-30,32,41-43H,9,11-13,15-21H2,1-7H3,(H,44,45)(H,46,47). The number of fused-ring (bicyclic) bond motifs is 6. The molecular formula is C40H60O10. The normalized spacial score (nSPS) is 53.6. The summed E-state index contributed by atoms with van der Waals surface area (Å²) >= 11 is 0. The van der Waals surface area contributed by atoms with Gasteiger partial charge in [-0.1, -0.05) is 65.3 Å². The highest BCUT2D eigenvalue weighted by Crippen LogP contribution is 2.80. The largest absolute Gasteiger partial charge is 0.481 e. The Balaban J connectivity index is 1.23. The van der Waals surface area contributed by atoms with Gasteiger partial charge in [0.1, 0.15) is 18.3 Å². The van der Waals surface area contributed by atoms with Crippen molar-refractivity contribution in [2.24, 2.45) is 55.7 Å². The molecule has 7 aliphatic rings. The molecule has 1 spiro atoms. The van der Waals surface area contributed by atoms with Gasteiger partial charge in [-0.3, -0.25) is 4.79 Å². The summed E-state index contributed by atoms with van der Waals surface area (Å²) in [7, 11) is 1.70. The van der Waals surface area contributed by atoms with Gasteiger partial charge in [-0.05, 0) is 103 Å².